The normalized spacial score (nSPS) is 21.7. The van der Waals surface area contributed by atoms with Gasteiger partial charge in [-0.25, -0.2) is 4.98 Å². The van der Waals surface area contributed by atoms with Crippen LogP contribution >= 0.6 is 11.3 Å². The van der Waals surface area contributed by atoms with Gasteiger partial charge in [-0.1, -0.05) is 81.5 Å². The number of carbonyl (C=O) groups excluding carboxylic acids is 3. The number of nitrogens with zero attached hydrogens (tertiary/aromatic N) is 2. The van der Waals surface area contributed by atoms with Crippen molar-refractivity contribution in [2.45, 2.75) is 110 Å². The predicted octanol–water partition coefficient (Wildman–Crippen LogP) is 7.20. The Hall–Kier alpha value is -3.86. The number of hydrogen-bond acceptors (Lipinski definition) is 7. The molecule has 10 heteroatoms. The van der Waals surface area contributed by atoms with Crippen LogP contribution in [0.3, 0.4) is 0 Å². The Morgan fingerprint density at radius 1 is 1.04 bits per heavy atom. The fourth-order valence-electron chi connectivity index (χ4n) is 7.46. The SMILES string of the molecule is C=C(C)c1ccc(C2CCC(CCOCC(=O)N[C@H](C(=O)N3C[C@H](O)C[C@H]3C(=O)N[C@@H](C)c3ccc(-c4scnc4C)cc3)C(C)(C)C)CC2)cc1. The van der Waals surface area contributed by atoms with E-state index in [1.807, 2.05) is 71.3 Å². The van der Waals surface area contributed by atoms with Crippen LogP contribution < -0.4 is 10.6 Å². The first kappa shape index (κ1) is 39.3. The summed E-state index contributed by atoms with van der Waals surface area (Å²) in [5.74, 6) is 0.0490. The molecule has 1 saturated heterocycles. The average molecular weight is 729 g/mol. The summed E-state index contributed by atoms with van der Waals surface area (Å²) in [7, 11) is 0. The van der Waals surface area contributed by atoms with E-state index in [1.54, 1.807) is 11.3 Å². The van der Waals surface area contributed by atoms with Crippen LogP contribution in [-0.4, -0.2) is 70.7 Å². The minimum absolute atomic E-state index is 0.0230. The largest absolute Gasteiger partial charge is 0.391 e. The first-order valence-corrected chi connectivity index (χ1v) is 19.5. The second-order valence-corrected chi connectivity index (χ2v) is 16.7. The highest BCUT2D eigenvalue weighted by molar-refractivity contribution is 7.13. The summed E-state index contributed by atoms with van der Waals surface area (Å²) < 4.78 is 5.81. The third-order valence-corrected chi connectivity index (χ3v) is 11.7. The van der Waals surface area contributed by atoms with E-state index in [4.69, 9.17) is 4.74 Å². The Kier molecular flexibility index (Phi) is 13.1. The number of carbonyl (C=O) groups is 3. The highest BCUT2D eigenvalue weighted by Crippen LogP contribution is 2.37. The minimum atomic E-state index is -0.899. The molecule has 2 aromatic carbocycles. The molecule has 52 heavy (non-hydrogen) atoms. The number of allylic oxidation sites excluding steroid dienone is 1. The van der Waals surface area contributed by atoms with Crippen molar-refractivity contribution in [3.63, 3.8) is 0 Å². The molecule has 0 spiro atoms. The minimum Gasteiger partial charge on any atom is -0.391 e. The molecule has 4 atom stereocenters. The van der Waals surface area contributed by atoms with Crippen molar-refractivity contribution >= 4 is 34.6 Å². The number of benzene rings is 2. The van der Waals surface area contributed by atoms with Gasteiger partial charge in [0.05, 0.1) is 28.2 Å². The second kappa shape index (κ2) is 17.3. The Morgan fingerprint density at radius 3 is 2.31 bits per heavy atom. The van der Waals surface area contributed by atoms with E-state index in [0.717, 1.165) is 59.4 Å². The molecular formula is C42H56N4O5S. The summed E-state index contributed by atoms with van der Waals surface area (Å²) >= 11 is 1.59. The van der Waals surface area contributed by atoms with Gasteiger partial charge in [0.1, 0.15) is 18.7 Å². The molecule has 1 aliphatic heterocycles. The van der Waals surface area contributed by atoms with Crippen LogP contribution in [0.4, 0.5) is 0 Å². The summed E-state index contributed by atoms with van der Waals surface area (Å²) in [5, 5.41) is 16.5. The molecular weight excluding hydrogens is 673 g/mol. The predicted molar refractivity (Wildman–Crippen MR) is 208 cm³/mol. The number of likely N-dealkylation sites (tertiary alicyclic amines) is 1. The Balaban J connectivity index is 1.09. The van der Waals surface area contributed by atoms with Crippen LogP contribution in [0.15, 0.2) is 60.6 Å². The lowest BCUT2D eigenvalue weighted by atomic mass is 9.77. The molecule has 3 N–H and O–H groups in total. The van der Waals surface area contributed by atoms with E-state index in [1.165, 1.54) is 16.0 Å². The standard InChI is InChI=1S/C42H56N4O5S/c1-26(2)30-12-16-33(17-13-30)32-10-8-29(9-11-32)20-21-51-24-37(48)45-39(42(5,6)7)41(50)46-23-35(47)22-36(46)40(49)44-27(3)31-14-18-34(19-15-31)38-28(4)43-25-52-38/h12-19,25,27,29,32,35-36,39,47H,1,8-11,20-24H2,2-7H3,(H,44,49)(H,45,48)/t27-,29?,32?,35+,36-,39+/m0/s1. The number of aliphatic hydroxyl groups is 1. The third kappa shape index (κ3) is 9.96. The zero-order chi connectivity index (χ0) is 37.6. The summed E-state index contributed by atoms with van der Waals surface area (Å²) in [6.45, 7) is 15.9. The molecule has 2 aliphatic rings. The number of aromatic nitrogens is 1. The lowest BCUT2D eigenvalue weighted by Crippen LogP contribution is -2.58. The number of amides is 3. The van der Waals surface area contributed by atoms with E-state index in [2.05, 4.69) is 46.5 Å². The zero-order valence-electron chi connectivity index (χ0n) is 31.6. The number of β-amino-alcohol motifs (C(OH)–C–C–N with tert-alkyl or cyclic N) is 1. The van der Waals surface area contributed by atoms with Gasteiger partial charge in [0.25, 0.3) is 0 Å². The van der Waals surface area contributed by atoms with Gasteiger partial charge >= 0.3 is 0 Å². The fourth-order valence-corrected chi connectivity index (χ4v) is 8.27. The zero-order valence-corrected chi connectivity index (χ0v) is 32.4. The molecule has 1 saturated carbocycles. The number of thiazole rings is 1. The maximum atomic E-state index is 14.0. The number of hydrogen-bond donors (Lipinski definition) is 3. The van der Waals surface area contributed by atoms with Crippen molar-refractivity contribution in [1.29, 1.82) is 0 Å². The van der Waals surface area contributed by atoms with Crippen LogP contribution in [0, 0.1) is 18.3 Å². The molecule has 280 valence electrons. The molecule has 0 radical (unpaired) electrons. The lowest BCUT2D eigenvalue weighted by molar-refractivity contribution is -0.144. The topological polar surface area (TPSA) is 121 Å². The van der Waals surface area contributed by atoms with Gasteiger partial charge in [-0.2, -0.15) is 0 Å². The van der Waals surface area contributed by atoms with Crippen molar-refractivity contribution in [3.05, 3.63) is 83.0 Å². The molecule has 2 fully saturated rings. The van der Waals surface area contributed by atoms with Crippen molar-refractivity contribution in [2.75, 3.05) is 19.8 Å². The summed E-state index contributed by atoms with van der Waals surface area (Å²) in [5.41, 5.74) is 7.82. The van der Waals surface area contributed by atoms with Gasteiger partial charge in [0.15, 0.2) is 0 Å². The lowest BCUT2D eigenvalue weighted by Gasteiger charge is -2.35. The van der Waals surface area contributed by atoms with Crippen LogP contribution in [0.25, 0.3) is 16.0 Å². The van der Waals surface area contributed by atoms with Crippen molar-refractivity contribution < 1.29 is 24.2 Å². The highest BCUT2D eigenvalue weighted by Gasteiger charge is 2.44. The van der Waals surface area contributed by atoms with Gasteiger partial charge in [-0.05, 0) is 92.4 Å². The van der Waals surface area contributed by atoms with E-state index < -0.39 is 23.6 Å². The molecule has 2 heterocycles. The maximum absolute atomic E-state index is 14.0. The van der Waals surface area contributed by atoms with Gasteiger partial charge in [-0.3, -0.25) is 14.4 Å². The Labute approximate surface area is 313 Å². The monoisotopic (exact) mass is 728 g/mol. The first-order valence-electron chi connectivity index (χ1n) is 18.6. The number of aliphatic hydroxyl groups excluding tert-OH is 1. The van der Waals surface area contributed by atoms with Crippen LogP contribution in [0.5, 0.6) is 0 Å². The van der Waals surface area contributed by atoms with Gasteiger partial charge in [0.2, 0.25) is 17.7 Å². The van der Waals surface area contributed by atoms with E-state index in [9.17, 15) is 19.5 Å². The summed E-state index contributed by atoms with van der Waals surface area (Å²) in [6.07, 6.45) is 4.76. The van der Waals surface area contributed by atoms with Crippen molar-refractivity contribution in [1.82, 2.24) is 20.5 Å². The molecule has 3 aromatic rings. The molecule has 9 nitrogen and oxygen atoms in total. The van der Waals surface area contributed by atoms with Gasteiger partial charge < -0.3 is 25.4 Å². The molecule has 0 unspecified atom stereocenters. The summed E-state index contributed by atoms with van der Waals surface area (Å²) in [4.78, 5) is 47.5. The van der Waals surface area contributed by atoms with Crippen molar-refractivity contribution in [2.24, 2.45) is 11.3 Å². The first-order chi connectivity index (χ1) is 24.7. The molecule has 1 aromatic heterocycles. The fraction of sp³-hybridized carbons (Fsp3) is 0.524. The number of ether oxygens (including phenoxy) is 1. The average Bonchev–Trinajstić information content (AvgIpc) is 3.73. The molecule has 3 amide bonds. The van der Waals surface area contributed by atoms with Gasteiger partial charge in [-0.15, -0.1) is 11.3 Å². The quantitative estimate of drug-likeness (QED) is 0.160. The van der Waals surface area contributed by atoms with Crippen LogP contribution in [-0.2, 0) is 19.1 Å². The number of nitrogens with one attached hydrogen (secondary N) is 2. The Morgan fingerprint density at radius 2 is 1.71 bits per heavy atom. The smallest absolute Gasteiger partial charge is 0.246 e. The van der Waals surface area contributed by atoms with E-state index >= 15 is 0 Å². The number of rotatable bonds is 13. The van der Waals surface area contributed by atoms with E-state index in [-0.39, 0.29) is 43.3 Å². The molecule has 5 rings (SSSR count). The van der Waals surface area contributed by atoms with Crippen LogP contribution in [0.1, 0.15) is 107 Å². The van der Waals surface area contributed by atoms with Crippen molar-refractivity contribution in [3.8, 4) is 10.4 Å². The molecule has 0 bridgehead atoms. The molecule has 1 aliphatic carbocycles. The second-order valence-electron chi connectivity index (χ2n) is 15.8. The summed E-state index contributed by atoms with van der Waals surface area (Å²) in [6, 6.07) is 14.7. The van der Waals surface area contributed by atoms with E-state index in [0.29, 0.717) is 18.4 Å². The maximum Gasteiger partial charge on any atom is 0.246 e. The Bertz CT molecular complexity index is 1690. The number of aryl methyl sites for hydroxylation is 1. The van der Waals surface area contributed by atoms with Gasteiger partial charge in [0, 0.05) is 19.6 Å². The third-order valence-electron chi connectivity index (χ3n) is 10.7. The van der Waals surface area contributed by atoms with Crippen LogP contribution in [0.2, 0.25) is 0 Å². The highest BCUT2D eigenvalue weighted by atomic mass is 32.1.